The van der Waals surface area contributed by atoms with Crippen LogP contribution in [-0.4, -0.2) is 40.4 Å². The van der Waals surface area contributed by atoms with Gasteiger partial charge >= 0.3 is 12.1 Å². The van der Waals surface area contributed by atoms with Crippen LogP contribution in [0.15, 0.2) is 28.1 Å². The van der Waals surface area contributed by atoms with E-state index >= 15 is 0 Å². The number of carboxylic acids is 1. The van der Waals surface area contributed by atoms with Crippen molar-refractivity contribution in [1.29, 1.82) is 0 Å². The van der Waals surface area contributed by atoms with Gasteiger partial charge in [-0.2, -0.15) is 13.2 Å². The van der Waals surface area contributed by atoms with Crippen LogP contribution in [0, 0.1) is 11.8 Å². The molecule has 2 aromatic rings. The van der Waals surface area contributed by atoms with E-state index in [1.54, 1.807) is 6.07 Å². The van der Waals surface area contributed by atoms with Crippen LogP contribution in [0.5, 0.6) is 0 Å². The number of aromatic nitrogens is 1. The molecule has 0 amide bonds. The number of hydrogen-bond donors (Lipinski definition) is 1. The van der Waals surface area contributed by atoms with Gasteiger partial charge in [-0.1, -0.05) is 11.2 Å². The second kappa shape index (κ2) is 5.97. The summed E-state index contributed by atoms with van der Waals surface area (Å²) in [6.45, 7) is -0.367. The summed E-state index contributed by atoms with van der Waals surface area (Å²) in [7, 11) is 0. The van der Waals surface area contributed by atoms with Crippen molar-refractivity contribution < 1.29 is 27.6 Å². The summed E-state index contributed by atoms with van der Waals surface area (Å²) in [5.41, 5.74) is 0.486. The molecule has 124 valence electrons. The molecule has 0 spiro atoms. The van der Waals surface area contributed by atoms with Crippen molar-refractivity contribution in [3.05, 3.63) is 29.3 Å². The van der Waals surface area contributed by atoms with Crippen LogP contribution < -0.4 is 0 Å². The van der Waals surface area contributed by atoms with Crippen molar-refractivity contribution in [2.45, 2.75) is 12.7 Å². The molecule has 0 bridgehead atoms. The largest absolute Gasteiger partial charge is 0.481 e. The smallest absolute Gasteiger partial charge is 0.393 e. The highest BCUT2D eigenvalue weighted by molar-refractivity contribution is 7.13. The molecule has 0 saturated carbocycles. The Labute approximate surface area is 133 Å². The molecular formula is C14H13F3N2O3S. The fraction of sp³-hybridized carbons (Fsp3) is 0.429. The lowest BCUT2D eigenvalue weighted by molar-refractivity contribution is -0.188. The lowest BCUT2D eigenvalue weighted by atomic mass is 9.96. The van der Waals surface area contributed by atoms with E-state index in [0.29, 0.717) is 11.5 Å². The molecule has 0 unspecified atom stereocenters. The minimum Gasteiger partial charge on any atom is -0.481 e. The Morgan fingerprint density at radius 1 is 1.48 bits per heavy atom. The maximum absolute atomic E-state index is 13.0. The molecule has 0 aromatic carbocycles. The zero-order chi connectivity index (χ0) is 16.6. The van der Waals surface area contributed by atoms with Crippen molar-refractivity contribution in [2.24, 2.45) is 11.8 Å². The molecule has 2 aromatic heterocycles. The molecule has 3 heterocycles. The number of likely N-dealkylation sites (tertiary alicyclic amines) is 1. The number of hydrogen-bond acceptors (Lipinski definition) is 5. The van der Waals surface area contributed by atoms with Crippen LogP contribution >= 0.6 is 11.3 Å². The summed E-state index contributed by atoms with van der Waals surface area (Å²) in [5.74, 6) is -4.17. The third-order valence-corrected chi connectivity index (χ3v) is 4.73. The molecule has 23 heavy (non-hydrogen) atoms. The first-order valence-electron chi connectivity index (χ1n) is 6.86. The minimum atomic E-state index is -4.52. The highest BCUT2D eigenvalue weighted by Crippen LogP contribution is 2.38. The first-order chi connectivity index (χ1) is 10.8. The molecule has 1 aliphatic heterocycles. The molecule has 2 atom stereocenters. The van der Waals surface area contributed by atoms with Gasteiger partial charge < -0.3 is 9.63 Å². The van der Waals surface area contributed by atoms with Crippen LogP contribution in [0.1, 0.15) is 5.69 Å². The van der Waals surface area contributed by atoms with Gasteiger partial charge in [0, 0.05) is 25.7 Å². The van der Waals surface area contributed by atoms with E-state index < -0.39 is 24.0 Å². The Morgan fingerprint density at radius 2 is 2.26 bits per heavy atom. The molecule has 1 aliphatic rings. The first-order valence-corrected chi connectivity index (χ1v) is 7.74. The van der Waals surface area contributed by atoms with Gasteiger partial charge in [-0.15, -0.1) is 11.3 Å². The van der Waals surface area contributed by atoms with E-state index in [0.717, 1.165) is 4.88 Å². The topological polar surface area (TPSA) is 66.6 Å². The predicted molar refractivity (Wildman–Crippen MR) is 75.8 cm³/mol. The van der Waals surface area contributed by atoms with E-state index in [2.05, 4.69) is 5.16 Å². The number of thiophene rings is 1. The van der Waals surface area contributed by atoms with E-state index in [4.69, 9.17) is 9.63 Å². The van der Waals surface area contributed by atoms with Gasteiger partial charge in [-0.05, 0) is 11.4 Å². The SMILES string of the molecule is O=C(O)[C@@H]1CN(Cc2cc(-c3cccs3)on2)C[C@H]1C(F)(F)F. The fourth-order valence-corrected chi connectivity index (χ4v) is 3.42. The number of halogens is 3. The number of nitrogens with zero attached hydrogens (tertiary/aromatic N) is 2. The van der Waals surface area contributed by atoms with Gasteiger partial charge in [0.2, 0.25) is 0 Å². The van der Waals surface area contributed by atoms with Gasteiger partial charge in [-0.25, -0.2) is 0 Å². The lowest BCUT2D eigenvalue weighted by Crippen LogP contribution is -2.33. The average molecular weight is 346 g/mol. The number of alkyl halides is 3. The van der Waals surface area contributed by atoms with Gasteiger partial charge in [0.05, 0.1) is 22.4 Å². The van der Waals surface area contributed by atoms with Gasteiger partial charge in [0.1, 0.15) is 0 Å². The summed E-state index contributed by atoms with van der Waals surface area (Å²) < 4.78 is 44.0. The molecule has 5 nitrogen and oxygen atoms in total. The Morgan fingerprint density at radius 3 is 2.83 bits per heavy atom. The van der Waals surface area contributed by atoms with Crippen LogP contribution in [0.3, 0.4) is 0 Å². The van der Waals surface area contributed by atoms with Crippen LogP contribution in [0.25, 0.3) is 10.6 Å². The fourth-order valence-electron chi connectivity index (χ4n) is 2.75. The zero-order valence-electron chi connectivity index (χ0n) is 11.8. The first kappa shape index (κ1) is 16.0. The molecule has 3 rings (SSSR count). The van der Waals surface area contributed by atoms with Crippen molar-refractivity contribution in [2.75, 3.05) is 13.1 Å². The Balaban J connectivity index is 1.70. The van der Waals surface area contributed by atoms with Crippen LogP contribution in [0.4, 0.5) is 13.2 Å². The summed E-state index contributed by atoms with van der Waals surface area (Å²) in [6.07, 6.45) is -4.52. The van der Waals surface area contributed by atoms with Crippen molar-refractivity contribution in [3.8, 4) is 10.6 Å². The second-order valence-corrected chi connectivity index (χ2v) is 6.39. The van der Waals surface area contributed by atoms with Crippen molar-refractivity contribution in [3.63, 3.8) is 0 Å². The van der Waals surface area contributed by atoms with Gasteiger partial charge in [0.25, 0.3) is 0 Å². The number of carbonyl (C=O) groups is 1. The number of carboxylic acid groups (broad SMARTS) is 1. The van der Waals surface area contributed by atoms with Gasteiger partial charge in [0.15, 0.2) is 5.76 Å². The third kappa shape index (κ3) is 3.40. The van der Waals surface area contributed by atoms with Crippen molar-refractivity contribution >= 4 is 17.3 Å². The normalized spacial score (nSPS) is 22.6. The van der Waals surface area contributed by atoms with Gasteiger partial charge in [-0.3, -0.25) is 9.69 Å². The van der Waals surface area contributed by atoms with E-state index in [9.17, 15) is 18.0 Å². The minimum absolute atomic E-state index is 0.130. The van der Waals surface area contributed by atoms with E-state index in [-0.39, 0.29) is 19.6 Å². The summed E-state index contributed by atoms with van der Waals surface area (Å²) >= 11 is 1.47. The third-order valence-electron chi connectivity index (χ3n) is 3.84. The zero-order valence-corrected chi connectivity index (χ0v) is 12.6. The van der Waals surface area contributed by atoms with E-state index in [1.165, 1.54) is 16.2 Å². The Kier molecular flexibility index (Phi) is 4.15. The molecule has 1 N–H and O–H groups in total. The summed E-state index contributed by atoms with van der Waals surface area (Å²) in [4.78, 5) is 13.4. The monoisotopic (exact) mass is 346 g/mol. The number of aliphatic carboxylic acids is 1. The quantitative estimate of drug-likeness (QED) is 0.921. The Bertz CT molecular complexity index is 684. The standard InChI is InChI=1S/C14H13F3N2O3S/c15-14(16,17)10-7-19(6-9(10)13(20)21)5-8-4-11(22-18-8)12-2-1-3-23-12/h1-4,9-10H,5-7H2,(H,20,21)/t9-,10-/m1/s1. The molecule has 0 radical (unpaired) electrons. The maximum atomic E-state index is 13.0. The van der Waals surface area contributed by atoms with Crippen LogP contribution in [0.2, 0.25) is 0 Å². The molecule has 9 heteroatoms. The molecule has 0 aliphatic carbocycles. The maximum Gasteiger partial charge on any atom is 0.393 e. The second-order valence-electron chi connectivity index (χ2n) is 5.45. The molecular weight excluding hydrogens is 333 g/mol. The summed E-state index contributed by atoms with van der Waals surface area (Å²) in [5, 5.41) is 14.7. The molecule has 1 saturated heterocycles. The van der Waals surface area contributed by atoms with Crippen LogP contribution in [-0.2, 0) is 11.3 Å². The lowest BCUT2D eigenvalue weighted by Gasteiger charge is -2.18. The number of rotatable bonds is 4. The molecule has 1 fully saturated rings. The predicted octanol–water partition coefficient (Wildman–Crippen LogP) is 3.10. The Hall–Kier alpha value is -1.87. The van der Waals surface area contributed by atoms with E-state index in [1.807, 2.05) is 17.5 Å². The summed E-state index contributed by atoms with van der Waals surface area (Å²) in [6, 6.07) is 5.38. The van der Waals surface area contributed by atoms with Crippen molar-refractivity contribution in [1.82, 2.24) is 10.1 Å². The highest BCUT2D eigenvalue weighted by Gasteiger charge is 2.52. The highest BCUT2D eigenvalue weighted by atomic mass is 32.1. The average Bonchev–Trinajstić information content (AvgIpc) is 3.17.